The Morgan fingerprint density at radius 1 is 1.23 bits per heavy atom. The topological polar surface area (TPSA) is 75.4 Å². The van der Waals surface area contributed by atoms with E-state index >= 15 is 0 Å². The van der Waals surface area contributed by atoms with Gasteiger partial charge < -0.3 is 14.6 Å². The molecule has 2 amide bonds. The molecule has 0 radical (unpaired) electrons. The second kappa shape index (κ2) is 7.23. The van der Waals surface area contributed by atoms with Crippen molar-refractivity contribution in [1.82, 2.24) is 15.2 Å². The number of hydrogen-bond donors (Lipinski definition) is 1. The lowest BCUT2D eigenvalue weighted by molar-refractivity contribution is -0.133. The van der Waals surface area contributed by atoms with Crippen LogP contribution >= 0.6 is 0 Å². The molecular formula is C23H24FN3O3. The molecule has 30 heavy (non-hydrogen) atoms. The van der Waals surface area contributed by atoms with Gasteiger partial charge >= 0.3 is 0 Å². The second-order valence-electron chi connectivity index (χ2n) is 8.36. The Labute approximate surface area is 174 Å². The fourth-order valence-electron chi connectivity index (χ4n) is 3.74. The molecule has 0 aliphatic carbocycles. The molecule has 1 N–H and O–H groups in total. The molecule has 4 rings (SSSR count). The van der Waals surface area contributed by atoms with Crippen molar-refractivity contribution in [2.45, 2.75) is 39.2 Å². The molecule has 2 aromatic heterocycles. The Morgan fingerprint density at radius 2 is 1.93 bits per heavy atom. The maximum absolute atomic E-state index is 13.3. The number of pyridine rings is 1. The van der Waals surface area contributed by atoms with E-state index in [0.29, 0.717) is 29.9 Å². The molecule has 1 saturated heterocycles. The Kier molecular flexibility index (Phi) is 4.84. The number of benzene rings is 1. The first kappa shape index (κ1) is 20.1. The summed E-state index contributed by atoms with van der Waals surface area (Å²) < 4.78 is 19.3. The number of piperazine rings is 1. The van der Waals surface area contributed by atoms with Gasteiger partial charge in [-0.2, -0.15) is 0 Å². The van der Waals surface area contributed by atoms with Crippen molar-refractivity contribution in [1.29, 1.82) is 0 Å². The van der Waals surface area contributed by atoms with Crippen LogP contribution in [0.5, 0.6) is 0 Å². The molecule has 1 aliphatic heterocycles. The molecular weight excluding hydrogens is 385 g/mol. The summed E-state index contributed by atoms with van der Waals surface area (Å²) in [4.78, 5) is 31.6. The zero-order valence-electron chi connectivity index (χ0n) is 17.5. The first-order valence-electron chi connectivity index (χ1n) is 9.99. The average Bonchev–Trinajstić information content (AvgIpc) is 3.13. The number of halogens is 1. The quantitative estimate of drug-likeness (QED) is 0.706. The molecule has 156 valence electrons. The van der Waals surface area contributed by atoms with Crippen LogP contribution in [0.1, 0.15) is 49.7 Å². The van der Waals surface area contributed by atoms with Crippen molar-refractivity contribution in [3.63, 3.8) is 0 Å². The molecule has 1 fully saturated rings. The highest BCUT2D eigenvalue weighted by Gasteiger charge is 2.41. The van der Waals surface area contributed by atoms with E-state index in [-0.39, 0.29) is 29.3 Å². The molecule has 3 aromatic rings. The third-order valence-electron chi connectivity index (χ3n) is 5.58. The first-order chi connectivity index (χ1) is 14.2. The van der Waals surface area contributed by atoms with Crippen LogP contribution in [0, 0.1) is 5.82 Å². The summed E-state index contributed by atoms with van der Waals surface area (Å²) in [6.07, 6.45) is 0. The fourth-order valence-corrected chi connectivity index (χ4v) is 3.74. The molecule has 6 nitrogen and oxygen atoms in total. The number of rotatable bonds is 3. The smallest absolute Gasteiger partial charge is 0.290 e. The van der Waals surface area contributed by atoms with Crippen LogP contribution in [0.2, 0.25) is 0 Å². The number of hydrogen-bond acceptors (Lipinski definition) is 4. The molecule has 1 aromatic carbocycles. The number of furan rings is 1. The van der Waals surface area contributed by atoms with Gasteiger partial charge in [0.1, 0.15) is 16.9 Å². The summed E-state index contributed by atoms with van der Waals surface area (Å²) in [6.45, 7) is 8.30. The number of fused-ring (bicyclic) bond motifs is 1. The van der Waals surface area contributed by atoms with E-state index in [0.717, 1.165) is 11.1 Å². The van der Waals surface area contributed by atoms with Crippen LogP contribution in [0.3, 0.4) is 0 Å². The van der Waals surface area contributed by atoms with E-state index in [9.17, 15) is 14.0 Å². The van der Waals surface area contributed by atoms with Crippen LogP contribution in [0.25, 0.3) is 22.4 Å². The normalized spacial score (nSPS) is 16.2. The maximum atomic E-state index is 13.3. The highest BCUT2D eigenvalue weighted by atomic mass is 19.1. The Hall–Kier alpha value is -3.22. The van der Waals surface area contributed by atoms with Gasteiger partial charge in [-0.25, -0.2) is 9.37 Å². The van der Waals surface area contributed by atoms with Crippen molar-refractivity contribution in [2.75, 3.05) is 13.1 Å². The lowest BCUT2D eigenvalue weighted by Gasteiger charge is -2.40. The van der Waals surface area contributed by atoms with Gasteiger partial charge in [0.25, 0.3) is 5.91 Å². The molecule has 1 aliphatic rings. The third kappa shape index (κ3) is 3.34. The van der Waals surface area contributed by atoms with Gasteiger partial charge in [-0.3, -0.25) is 9.59 Å². The summed E-state index contributed by atoms with van der Waals surface area (Å²) in [7, 11) is 0. The summed E-state index contributed by atoms with van der Waals surface area (Å²) in [5.74, 6) is -0.573. The van der Waals surface area contributed by atoms with E-state index in [2.05, 4.69) is 10.3 Å². The molecule has 3 heterocycles. The van der Waals surface area contributed by atoms with Crippen LogP contribution in [0.4, 0.5) is 4.39 Å². The van der Waals surface area contributed by atoms with Gasteiger partial charge in [0.2, 0.25) is 5.91 Å². The van der Waals surface area contributed by atoms with Crippen molar-refractivity contribution < 1.29 is 18.4 Å². The van der Waals surface area contributed by atoms with Crippen molar-refractivity contribution in [2.24, 2.45) is 0 Å². The highest BCUT2D eigenvalue weighted by molar-refractivity contribution is 6.00. The summed E-state index contributed by atoms with van der Waals surface area (Å²) >= 11 is 0. The van der Waals surface area contributed by atoms with Crippen molar-refractivity contribution in [3.05, 3.63) is 53.5 Å². The standard InChI is InChI=1S/C23H24FN3O3/c1-13(2)16-11-17(14-5-7-15(24)8-6-14)26-18-12-19(30-20(16)18)21(28)27-10-9-25-22(29)23(27,3)4/h5-8,11-13H,9-10H2,1-4H3,(H,25,29). The van der Waals surface area contributed by atoms with Crippen LogP contribution in [-0.4, -0.2) is 40.3 Å². The van der Waals surface area contributed by atoms with E-state index in [1.807, 2.05) is 19.9 Å². The number of aromatic nitrogens is 1. The van der Waals surface area contributed by atoms with E-state index in [1.54, 1.807) is 32.0 Å². The van der Waals surface area contributed by atoms with E-state index in [4.69, 9.17) is 4.42 Å². The van der Waals surface area contributed by atoms with E-state index < -0.39 is 5.54 Å². The Balaban J connectivity index is 1.80. The van der Waals surface area contributed by atoms with Crippen LogP contribution in [-0.2, 0) is 4.79 Å². The molecule has 0 bridgehead atoms. The third-order valence-corrected chi connectivity index (χ3v) is 5.58. The van der Waals surface area contributed by atoms with Gasteiger partial charge in [-0.1, -0.05) is 13.8 Å². The number of carbonyl (C=O) groups excluding carboxylic acids is 2. The minimum absolute atomic E-state index is 0.126. The lowest BCUT2D eigenvalue weighted by Crippen LogP contribution is -2.63. The van der Waals surface area contributed by atoms with Crippen molar-refractivity contribution in [3.8, 4) is 11.3 Å². The maximum Gasteiger partial charge on any atom is 0.290 e. The van der Waals surface area contributed by atoms with Gasteiger partial charge in [0.15, 0.2) is 11.3 Å². The first-order valence-corrected chi connectivity index (χ1v) is 9.99. The zero-order valence-corrected chi connectivity index (χ0v) is 17.5. The fraction of sp³-hybridized carbons (Fsp3) is 0.348. The molecule has 0 spiro atoms. The Morgan fingerprint density at radius 3 is 2.60 bits per heavy atom. The lowest BCUT2D eigenvalue weighted by atomic mass is 9.98. The summed E-state index contributed by atoms with van der Waals surface area (Å²) in [5.41, 5.74) is 2.52. The van der Waals surface area contributed by atoms with Crippen LogP contribution < -0.4 is 5.32 Å². The average molecular weight is 409 g/mol. The highest BCUT2D eigenvalue weighted by Crippen LogP contribution is 2.32. The SMILES string of the molecule is CC(C)c1cc(-c2ccc(F)cc2)nc2cc(C(=O)N3CCNC(=O)C3(C)C)oc12. The van der Waals surface area contributed by atoms with Gasteiger partial charge in [-0.05, 0) is 50.1 Å². The number of nitrogens with zero attached hydrogens (tertiary/aromatic N) is 2. The molecule has 0 unspecified atom stereocenters. The molecule has 0 atom stereocenters. The zero-order chi connectivity index (χ0) is 21.6. The monoisotopic (exact) mass is 409 g/mol. The predicted octanol–water partition coefficient (Wildman–Crippen LogP) is 4.11. The number of amides is 2. The summed E-state index contributed by atoms with van der Waals surface area (Å²) in [5, 5.41) is 2.79. The van der Waals surface area contributed by atoms with Crippen molar-refractivity contribution >= 4 is 22.9 Å². The molecule has 7 heteroatoms. The summed E-state index contributed by atoms with van der Waals surface area (Å²) in [6, 6.07) is 9.67. The van der Waals surface area contributed by atoms with Crippen LogP contribution in [0.15, 0.2) is 40.8 Å². The minimum Gasteiger partial charge on any atom is -0.449 e. The number of nitrogens with one attached hydrogen (secondary N) is 1. The van der Waals surface area contributed by atoms with Gasteiger partial charge in [0, 0.05) is 30.3 Å². The van der Waals surface area contributed by atoms with Gasteiger partial charge in [-0.15, -0.1) is 0 Å². The number of carbonyl (C=O) groups is 2. The largest absolute Gasteiger partial charge is 0.449 e. The van der Waals surface area contributed by atoms with E-state index in [1.165, 1.54) is 17.0 Å². The Bertz CT molecular complexity index is 1130. The molecule has 0 saturated carbocycles. The predicted molar refractivity (Wildman–Crippen MR) is 112 cm³/mol. The second-order valence-corrected chi connectivity index (χ2v) is 8.36. The minimum atomic E-state index is -0.970. The van der Waals surface area contributed by atoms with Gasteiger partial charge in [0.05, 0.1) is 5.69 Å².